The predicted octanol–water partition coefficient (Wildman–Crippen LogP) is 3.28. The Hall–Kier alpha value is -1.95. The van der Waals surface area contributed by atoms with Gasteiger partial charge in [0, 0.05) is 29.7 Å². The molecule has 2 saturated heterocycles. The standard InChI is InChI=1S/C23H34FN3O2/c1-5-15-8-17(12-18(24)9-15)22(29)25-13-16-10-19-6-7-20(11-16)27(19)14-21(28)26-23(2,3)4/h8-9,12,16,19-20H,5-7,10-11,13-14H2,1-4H3,(H,25,29)(H,26,28)/t16?,19-,20+. The number of benzene rings is 1. The fourth-order valence-corrected chi connectivity index (χ4v) is 4.76. The number of hydrogen-bond acceptors (Lipinski definition) is 3. The van der Waals surface area contributed by atoms with Crippen molar-refractivity contribution in [3.05, 3.63) is 35.1 Å². The summed E-state index contributed by atoms with van der Waals surface area (Å²) < 4.78 is 13.7. The molecule has 0 saturated carbocycles. The van der Waals surface area contributed by atoms with Crippen LogP contribution in [0.5, 0.6) is 0 Å². The van der Waals surface area contributed by atoms with E-state index in [0.717, 1.165) is 31.2 Å². The van der Waals surface area contributed by atoms with Crippen molar-refractivity contribution in [3.63, 3.8) is 0 Å². The van der Waals surface area contributed by atoms with E-state index >= 15 is 0 Å². The number of aryl methyl sites for hydroxylation is 1. The van der Waals surface area contributed by atoms with Crippen LogP contribution in [0.2, 0.25) is 0 Å². The zero-order valence-corrected chi connectivity index (χ0v) is 18.1. The number of hydrogen-bond donors (Lipinski definition) is 2. The van der Waals surface area contributed by atoms with Crippen LogP contribution in [0.3, 0.4) is 0 Å². The highest BCUT2D eigenvalue weighted by Gasteiger charge is 2.41. The van der Waals surface area contributed by atoms with Crippen molar-refractivity contribution in [2.75, 3.05) is 13.1 Å². The highest BCUT2D eigenvalue weighted by atomic mass is 19.1. The Labute approximate surface area is 173 Å². The van der Waals surface area contributed by atoms with Gasteiger partial charge in [-0.15, -0.1) is 0 Å². The third kappa shape index (κ3) is 5.78. The first kappa shape index (κ1) is 21.8. The number of rotatable bonds is 6. The Morgan fingerprint density at radius 2 is 1.79 bits per heavy atom. The molecular weight excluding hydrogens is 369 g/mol. The summed E-state index contributed by atoms with van der Waals surface area (Å²) in [6, 6.07) is 5.34. The van der Waals surface area contributed by atoms with E-state index in [1.807, 2.05) is 27.7 Å². The quantitative estimate of drug-likeness (QED) is 0.766. The zero-order valence-electron chi connectivity index (χ0n) is 18.1. The SMILES string of the molecule is CCc1cc(F)cc(C(=O)NCC2C[C@H]3CC[C@@H](C2)N3CC(=O)NC(C)(C)C)c1. The molecule has 1 aromatic rings. The van der Waals surface area contributed by atoms with Gasteiger partial charge in [-0.2, -0.15) is 0 Å². The largest absolute Gasteiger partial charge is 0.352 e. The number of piperidine rings is 1. The van der Waals surface area contributed by atoms with Crippen LogP contribution in [0.4, 0.5) is 4.39 Å². The minimum absolute atomic E-state index is 0.0824. The van der Waals surface area contributed by atoms with Gasteiger partial charge in [-0.25, -0.2) is 4.39 Å². The van der Waals surface area contributed by atoms with E-state index in [1.165, 1.54) is 12.1 Å². The first-order valence-corrected chi connectivity index (χ1v) is 10.8. The molecule has 2 heterocycles. The van der Waals surface area contributed by atoms with Crippen molar-refractivity contribution >= 4 is 11.8 Å². The molecule has 1 aromatic carbocycles. The van der Waals surface area contributed by atoms with Crippen molar-refractivity contribution in [2.24, 2.45) is 5.92 Å². The van der Waals surface area contributed by atoms with Gasteiger partial charge in [0.1, 0.15) is 5.82 Å². The van der Waals surface area contributed by atoms with E-state index < -0.39 is 0 Å². The minimum atomic E-state index is -0.366. The number of amides is 2. The van der Waals surface area contributed by atoms with Gasteiger partial charge < -0.3 is 10.6 Å². The van der Waals surface area contributed by atoms with Crippen LogP contribution in [0.1, 0.15) is 69.3 Å². The van der Waals surface area contributed by atoms with Gasteiger partial charge in [0.05, 0.1) is 6.54 Å². The summed E-state index contributed by atoms with van der Waals surface area (Å²) in [5.74, 6) is -0.0931. The maximum atomic E-state index is 13.7. The average Bonchev–Trinajstić information content (AvgIpc) is 2.86. The molecular formula is C23H34FN3O2. The normalized spacial score (nSPS) is 24.4. The second-order valence-electron chi connectivity index (χ2n) is 9.60. The molecule has 29 heavy (non-hydrogen) atoms. The van der Waals surface area contributed by atoms with Crippen molar-refractivity contribution in [2.45, 2.75) is 77.4 Å². The number of fused-ring (bicyclic) bond motifs is 2. The lowest BCUT2D eigenvalue weighted by atomic mass is 9.90. The van der Waals surface area contributed by atoms with Crippen LogP contribution in [0, 0.1) is 11.7 Å². The fourth-order valence-electron chi connectivity index (χ4n) is 4.76. The smallest absolute Gasteiger partial charge is 0.251 e. The summed E-state index contributed by atoms with van der Waals surface area (Å²) >= 11 is 0. The monoisotopic (exact) mass is 403 g/mol. The Morgan fingerprint density at radius 3 is 2.38 bits per heavy atom. The second kappa shape index (κ2) is 8.82. The molecule has 2 aliphatic rings. The van der Waals surface area contributed by atoms with Crippen LogP contribution < -0.4 is 10.6 Å². The summed E-state index contributed by atoms with van der Waals surface area (Å²) in [5.41, 5.74) is 1.00. The topological polar surface area (TPSA) is 61.4 Å². The molecule has 2 amide bonds. The van der Waals surface area contributed by atoms with E-state index in [4.69, 9.17) is 0 Å². The van der Waals surface area contributed by atoms with Crippen LogP contribution in [-0.2, 0) is 11.2 Å². The lowest BCUT2D eigenvalue weighted by Gasteiger charge is -2.39. The lowest BCUT2D eigenvalue weighted by Crippen LogP contribution is -2.52. The molecule has 0 spiro atoms. The van der Waals surface area contributed by atoms with E-state index in [9.17, 15) is 14.0 Å². The lowest BCUT2D eigenvalue weighted by molar-refractivity contribution is -0.125. The predicted molar refractivity (Wildman–Crippen MR) is 112 cm³/mol. The van der Waals surface area contributed by atoms with E-state index in [0.29, 0.717) is 43.1 Å². The molecule has 0 aliphatic carbocycles. The Kier molecular flexibility index (Phi) is 6.62. The van der Waals surface area contributed by atoms with Gasteiger partial charge in [0.2, 0.25) is 5.91 Å². The maximum absolute atomic E-state index is 13.7. The number of carbonyl (C=O) groups excluding carboxylic acids is 2. The fraction of sp³-hybridized carbons (Fsp3) is 0.652. The molecule has 160 valence electrons. The molecule has 6 heteroatoms. The molecule has 2 bridgehead atoms. The molecule has 1 unspecified atom stereocenters. The molecule has 0 radical (unpaired) electrons. The zero-order chi connectivity index (χ0) is 21.2. The Morgan fingerprint density at radius 1 is 1.14 bits per heavy atom. The Balaban J connectivity index is 1.52. The van der Waals surface area contributed by atoms with Crippen molar-refractivity contribution in [3.8, 4) is 0 Å². The van der Waals surface area contributed by atoms with Gasteiger partial charge in [0.25, 0.3) is 5.91 Å². The number of nitrogens with zero attached hydrogens (tertiary/aromatic N) is 1. The van der Waals surface area contributed by atoms with E-state index in [2.05, 4.69) is 15.5 Å². The van der Waals surface area contributed by atoms with E-state index in [1.54, 1.807) is 6.07 Å². The first-order valence-electron chi connectivity index (χ1n) is 10.8. The third-order valence-electron chi connectivity index (χ3n) is 6.00. The van der Waals surface area contributed by atoms with Crippen molar-refractivity contribution < 1.29 is 14.0 Å². The van der Waals surface area contributed by atoms with Crippen LogP contribution >= 0.6 is 0 Å². The summed E-state index contributed by atoms with van der Waals surface area (Å²) in [4.78, 5) is 27.2. The summed E-state index contributed by atoms with van der Waals surface area (Å²) in [5, 5.41) is 6.05. The van der Waals surface area contributed by atoms with Gasteiger partial charge in [0.15, 0.2) is 0 Å². The van der Waals surface area contributed by atoms with Gasteiger partial charge in [-0.1, -0.05) is 6.92 Å². The molecule has 2 N–H and O–H groups in total. The van der Waals surface area contributed by atoms with Crippen molar-refractivity contribution in [1.29, 1.82) is 0 Å². The third-order valence-corrected chi connectivity index (χ3v) is 6.00. The number of nitrogens with one attached hydrogen (secondary N) is 2. The molecule has 3 atom stereocenters. The Bertz CT molecular complexity index is 745. The summed E-state index contributed by atoms with van der Waals surface area (Å²) in [7, 11) is 0. The highest BCUT2D eigenvalue weighted by molar-refractivity contribution is 5.94. The van der Waals surface area contributed by atoms with Crippen LogP contribution in [-0.4, -0.2) is 47.4 Å². The highest BCUT2D eigenvalue weighted by Crippen LogP contribution is 2.38. The van der Waals surface area contributed by atoms with Crippen LogP contribution in [0.25, 0.3) is 0 Å². The van der Waals surface area contributed by atoms with Gasteiger partial charge in [-0.05, 0) is 82.6 Å². The molecule has 2 fully saturated rings. The molecule has 2 aliphatic heterocycles. The minimum Gasteiger partial charge on any atom is -0.352 e. The van der Waals surface area contributed by atoms with Gasteiger partial charge in [-0.3, -0.25) is 14.5 Å². The molecule has 5 nitrogen and oxygen atoms in total. The van der Waals surface area contributed by atoms with E-state index in [-0.39, 0.29) is 23.2 Å². The first-order chi connectivity index (χ1) is 13.6. The second-order valence-corrected chi connectivity index (χ2v) is 9.60. The number of halogens is 1. The van der Waals surface area contributed by atoms with Crippen molar-refractivity contribution in [1.82, 2.24) is 15.5 Å². The van der Waals surface area contributed by atoms with Gasteiger partial charge >= 0.3 is 0 Å². The summed E-state index contributed by atoms with van der Waals surface area (Å²) in [6.45, 7) is 8.99. The maximum Gasteiger partial charge on any atom is 0.251 e. The molecule has 0 aromatic heterocycles. The molecule has 3 rings (SSSR count). The summed E-state index contributed by atoms with van der Waals surface area (Å²) in [6.07, 6.45) is 4.90. The average molecular weight is 404 g/mol. The van der Waals surface area contributed by atoms with Crippen LogP contribution in [0.15, 0.2) is 18.2 Å². The number of carbonyl (C=O) groups is 2.